The third-order valence-electron chi connectivity index (χ3n) is 4.92. The average Bonchev–Trinajstić information content (AvgIpc) is 3.28. The van der Waals surface area contributed by atoms with Crippen molar-refractivity contribution in [3.05, 3.63) is 35.9 Å². The van der Waals surface area contributed by atoms with Crippen LogP contribution < -0.4 is 5.32 Å². The zero-order chi connectivity index (χ0) is 15.4. The van der Waals surface area contributed by atoms with Gasteiger partial charge in [0.05, 0.1) is 6.54 Å². The van der Waals surface area contributed by atoms with Gasteiger partial charge in [-0.05, 0) is 31.4 Å². The Kier molecular flexibility index (Phi) is 4.79. The van der Waals surface area contributed by atoms with Crippen molar-refractivity contribution in [3.8, 4) is 0 Å². The van der Waals surface area contributed by atoms with Crippen molar-refractivity contribution < 1.29 is 4.79 Å². The number of carbonyl (C=O) groups is 1. The predicted molar refractivity (Wildman–Crippen MR) is 88.8 cm³/mol. The molecule has 0 aromatic heterocycles. The van der Waals surface area contributed by atoms with Gasteiger partial charge in [0, 0.05) is 31.7 Å². The highest BCUT2D eigenvalue weighted by atomic mass is 16.2. The summed E-state index contributed by atoms with van der Waals surface area (Å²) in [5, 5.41) is 3.29. The van der Waals surface area contributed by atoms with Crippen LogP contribution in [0.25, 0.3) is 0 Å². The summed E-state index contributed by atoms with van der Waals surface area (Å²) >= 11 is 0. The Balaban J connectivity index is 1.46. The summed E-state index contributed by atoms with van der Waals surface area (Å²) < 4.78 is 0. The molecule has 1 amide bonds. The second-order valence-electron chi connectivity index (χ2n) is 6.70. The number of nitrogens with one attached hydrogen (secondary N) is 1. The maximum Gasteiger partial charge on any atom is 0.234 e. The molecule has 0 unspecified atom stereocenters. The summed E-state index contributed by atoms with van der Waals surface area (Å²) in [7, 11) is 0. The number of carbonyl (C=O) groups excluding carboxylic acids is 1. The molecule has 3 rings (SSSR count). The number of piperazine rings is 1. The fourth-order valence-electron chi connectivity index (χ4n) is 3.29. The van der Waals surface area contributed by atoms with E-state index in [1.165, 1.54) is 5.56 Å². The molecule has 1 N–H and O–H groups in total. The Labute approximate surface area is 133 Å². The number of amides is 1. The predicted octanol–water partition coefficient (Wildman–Crippen LogP) is 1.52. The molecule has 0 atom stereocenters. The molecule has 2 aliphatic rings. The maximum absolute atomic E-state index is 12.3. The van der Waals surface area contributed by atoms with Crippen molar-refractivity contribution >= 4 is 5.91 Å². The number of nitrogens with zero attached hydrogens (tertiary/aromatic N) is 2. The Hall–Kier alpha value is -1.39. The molecule has 120 valence electrons. The minimum Gasteiger partial charge on any atom is -0.349 e. The number of benzene rings is 1. The highest BCUT2D eigenvalue weighted by Crippen LogP contribution is 2.38. The summed E-state index contributed by atoms with van der Waals surface area (Å²) in [6.45, 7) is 8.04. The molecular formula is C18H27N3O. The van der Waals surface area contributed by atoms with Gasteiger partial charge in [0.15, 0.2) is 0 Å². The maximum atomic E-state index is 12.3. The van der Waals surface area contributed by atoms with E-state index < -0.39 is 0 Å². The molecule has 1 aromatic rings. The Bertz CT molecular complexity index is 490. The number of hydrogen-bond acceptors (Lipinski definition) is 3. The van der Waals surface area contributed by atoms with E-state index in [-0.39, 0.29) is 11.4 Å². The minimum absolute atomic E-state index is 0.0314. The van der Waals surface area contributed by atoms with E-state index in [9.17, 15) is 4.79 Å². The highest BCUT2D eigenvalue weighted by molar-refractivity contribution is 5.79. The molecule has 0 radical (unpaired) electrons. The molecule has 1 saturated carbocycles. The smallest absolute Gasteiger partial charge is 0.234 e. The van der Waals surface area contributed by atoms with Gasteiger partial charge in [-0.25, -0.2) is 0 Å². The second-order valence-corrected chi connectivity index (χ2v) is 6.70. The topological polar surface area (TPSA) is 35.6 Å². The first-order valence-electron chi connectivity index (χ1n) is 8.49. The van der Waals surface area contributed by atoms with Gasteiger partial charge >= 0.3 is 0 Å². The van der Waals surface area contributed by atoms with E-state index in [1.807, 2.05) is 6.07 Å². The Morgan fingerprint density at radius 3 is 2.32 bits per heavy atom. The lowest BCUT2D eigenvalue weighted by Crippen LogP contribution is -2.51. The summed E-state index contributed by atoms with van der Waals surface area (Å²) in [6.07, 6.45) is 3.18. The third kappa shape index (κ3) is 4.08. The average molecular weight is 301 g/mol. The van der Waals surface area contributed by atoms with Crippen molar-refractivity contribution in [3.63, 3.8) is 0 Å². The molecular weight excluding hydrogens is 274 g/mol. The lowest BCUT2D eigenvalue weighted by atomic mass is 10.0. The molecule has 1 heterocycles. The molecule has 1 saturated heterocycles. The van der Waals surface area contributed by atoms with Crippen LogP contribution in [0.3, 0.4) is 0 Å². The normalized spacial score (nSPS) is 21.5. The fraction of sp³-hybridized carbons (Fsp3) is 0.611. The lowest BCUT2D eigenvalue weighted by molar-refractivity contribution is -0.123. The zero-order valence-corrected chi connectivity index (χ0v) is 13.6. The van der Waals surface area contributed by atoms with Gasteiger partial charge in [0.25, 0.3) is 0 Å². The number of rotatable bonds is 6. The number of likely N-dealkylation sites (N-methyl/N-ethyl adjacent to an activating group) is 1. The quantitative estimate of drug-likeness (QED) is 0.865. The first kappa shape index (κ1) is 15.5. The second kappa shape index (κ2) is 6.80. The SMILES string of the molecule is CCN1CCN(CC(=O)NC2(Cc3ccccc3)CC2)CC1. The first-order chi connectivity index (χ1) is 10.7. The monoisotopic (exact) mass is 301 g/mol. The van der Waals surface area contributed by atoms with Crippen LogP contribution in [0.2, 0.25) is 0 Å². The number of hydrogen-bond donors (Lipinski definition) is 1. The first-order valence-corrected chi connectivity index (χ1v) is 8.49. The third-order valence-corrected chi connectivity index (χ3v) is 4.92. The standard InChI is InChI=1S/C18H27N3O/c1-2-20-10-12-21(13-11-20)15-17(22)19-18(8-9-18)14-16-6-4-3-5-7-16/h3-7H,2,8-15H2,1H3,(H,19,22). The zero-order valence-electron chi connectivity index (χ0n) is 13.6. The lowest BCUT2D eigenvalue weighted by Gasteiger charge is -2.33. The van der Waals surface area contributed by atoms with Crippen molar-refractivity contribution in [1.29, 1.82) is 0 Å². The molecule has 1 aliphatic heterocycles. The van der Waals surface area contributed by atoms with Crippen LogP contribution >= 0.6 is 0 Å². The molecule has 4 nitrogen and oxygen atoms in total. The van der Waals surface area contributed by atoms with Crippen molar-refractivity contribution in [1.82, 2.24) is 15.1 Å². The highest BCUT2D eigenvalue weighted by Gasteiger charge is 2.43. The van der Waals surface area contributed by atoms with Crippen LogP contribution in [-0.2, 0) is 11.2 Å². The Morgan fingerprint density at radius 2 is 1.73 bits per heavy atom. The largest absolute Gasteiger partial charge is 0.349 e. The van der Waals surface area contributed by atoms with Crippen molar-refractivity contribution in [2.24, 2.45) is 0 Å². The van der Waals surface area contributed by atoms with E-state index in [0.717, 1.165) is 52.0 Å². The Morgan fingerprint density at radius 1 is 1.09 bits per heavy atom. The van der Waals surface area contributed by atoms with Crippen molar-refractivity contribution in [2.75, 3.05) is 39.3 Å². The van der Waals surface area contributed by atoms with Crippen LogP contribution in [0, 0.1) is 0 Å². The fourth-order valence-corrected chi connectivity index (χ4v) is 3.29. The molecule has 4 heteroatoms. The minimum atomic E-state index is 0.0314. The van der Waals surface area contributed by atoms with Crippen LogP contribution in [0.5, 0.6) is 0 Å². The van der Waals surface area contributed by atoms with Gasteiger partial charge in [-0.2, -0.15) is 0 Å². The molecule has 1 aromatic carbocycles. The molecule has 2 fully saturated rings. The molecule has 0 spiro atoms. The van der Waals surface area contributed by atoms with Crippen molar-refractivity contribution in [2.45, 2.75) is 31.7 Å². The van der Waals surface area contributed by atoms with Gasteiger partial charge in [-0.15, -0.1) is 0 Å². The van der Waals surface area contributed by atoms with Crippen LogP contribution in [0.1, 0.15) is 25.3 Å². The summed E-state index contributed by atoms with van der Waals surface area (Å²) in [4.78, 5) is 17.1. The van der Waals surface area contributed by atoms with Crippen LogP contribution in [0.15, 0.2) is 30.3 Å². The van der Waals surface area contributed by atoms with E-state index in [1.54, 1.807) is 0 Å². The van der Waals surface area contributed by atoms with E-state index in [4.69, 9.17) is 0 Å². The van der Waals surface area contributed by atoms with Gasteiger partial charge in [0.2, 0.25) is 5.91 Å². The van der Waals surface area contributed by atoms with Crippen LogP contribution in [-0.4, -0.2) is 60.5 Å². The van der Waals surface area contributed by atoms with Crippen LogP contribution in [0.4, 0.5) is 0 Å². The molecule has 1 aliphatic carbocycles. The summed E-state index contributed by atoms with van der Waals surface area (Å²) in [6, 6.07) is 10.5. The van der Waals surface area contributed by atoms with E-state index in [0.29, 0.717) is 6.54 Å². The molecule has 22 heavy (non-hydrogen) atoms. The molecule has 0 bridgehead atoms. The van der Waals surface area contributed by atoms with Gasteiger partial charge in [-0.1, -0.05) is 37.3 Å². The summed E-state index contributed by atoms with van der Waals surface area (Å²) in [5.41, 5.74) is 1.35. The van der Waals surface area contributed by atoms with Gasteiger partial charge in [-0.3, -0.25) is 9.69 Å². The van der Waals surface area contributed by atoms with E-state index >= 15 is 0 Å². The summed E-state index contributed by atoms with van der Waals surface area (Å²) in [5.74, 6) is 0.193. The van der Waals surface area contributed by atoms with Gasteiger partial charge in [0.1, 0.15) is 0 Å². The van der Waals surface area contributed by atoms with E-state index in [2.05, 4.69) is 46.3 Å². The van der Waals surface area contributed by atoms with Gasteiger partial charge < -0.3 is 10.2 Å².